The number of nitro benzene ring substituents is 1. The number of benzene rings is 1. The minimum absolute atomic E-state index is 0. The number of rotatable bonds is 4. The van der Waals surface area contributed by atoms with Gasteiger partial charge in [0.05, 0.1) is 16.5 Å². The molecule has 0 aliphatic carbocycles. The maximum atomic E-state index is 12.5. The normalized spacial score (nSPS) is 13.8. The van der Waals surface area contributed by atoms with Crippen molar-refractivity contribution >= 4 is 41.5 Å². The van der Waals surface area contributed by atoms with Crippen LogP contribution in [0.5, 0.6) is 0 Å². The third-order valence-electron chi connectivity index (χ3n) is 3.59. The van der Waals surface area contributed by atoms with Gasteiger partial charge in [0.2, 0.25) is 5.91 Å². The summed E-state index contributed by atoms with van der Waals surface area (Å²) in [6.45, 7) is 2.42. The molecule has 1 N–H and O–H groups in total. The average Bonchev–Trinajstić information content (AvgIpc) is 2.54. The van der Waals surface area contributed by atoms with E-state index < -0.39 is 10.8 Å². The van der Waals surface area contributed by atoms with Crippen molar-refractivity contribution in [3.05, 3.63) is 38.9 Å². The van der Waals surface area contributed by atoms with E-state index in [-0.39, 0.29) is 41.1 Å². The third kappa shape index (κ3) is 4.56. The van der Waals surface area contributed by atoms with Gasteiger partial charge in [0, 0.05) is 39.3 Å². The molecule has 2 rings (SSSR count). The molecule has 1 aromatic carbocycles. The molecule has 24 heavy (non-hydrogen) atoms. The highest BCUT2D eigenvalue weighted by atomic mass is 35.5. The molecular weight excluding hydrogens is 359 g/mol. The molecule has 1 aliphatic heterocycles. The fourth-order valence-corrected chi connectivity index (χ4v) is 2.61. The first-order chi connectivity index (χ1) is 10.9. The molecule has 0 spiro atoms. The number of nitrogens with one attached hydrogen (secondary N) is 1. The van der Waals surface area contributed by atoms with E-state index in [1.165, 1.54) is 25.2 Å². The molecule has 0 aromatic heterocycles. The van der Waals surface area contributed by atoms with Crippen LogP contribution in [0.3, 0.4) is 0 Å². The monoisotopic (exact) mass is 376 g/mol. The quantitative estimate of drug-likeness (QED) is 0.628. The van der Waals surface area contributed by atoms with Crippen molar-refractivity contribution in [1.82, 2.24) is 15.1 Å². The number of nitrogens with zero attached hydrogens (tertiary/aromatic N) is 3. The average molecular weight is 377 g/mol. The van der Waals surface area contributed by atoms with E-state index in [1.807, 2.05) is 0 Å². The van der Waals surface area contributed by atoms with Gasteiger partial charge in [-0.15, -0.1) is 12.4 Å². The highest BCUT2D eigenvalue weighted by Crippen LogP contribution is 2.27. The van der Waals surface area contributed by atoms with Crippen LogP contribution in [0.25, 0.3) is 0 Å². The molecular formula is C14H18Cl2N4O4. The molecule has 10 heteroatoms. The van der Waals surface area contributed by atoms with Crippen LogP contribution in [0.4, 0.5) is 5.69 Å². The summed E-state index contributed by atoms with van der Waals surface area (Å²) < 4.78 is 0. The summed E-state index contributed by atoms with van der Waals surface area (Å²) in [6, 6.07) is 4.03. The molecule has 1 saturated heterocycles. The fraction of sp³-hybridized carbons (Fsp3) is 0.429. The van der Waals surface area contributed by atoms with Gasteiger partial charge < -0.3 is 15.1 Å². The van der Waals surface area contributed by atoms with Crippen LogP contribution in [0.15, 0.2) is 18.2 Å². The first kappa shape index (κ1) is 20.1. The third-order valence-corrected chi connectivity index (χ3v) is 3.91. The van der Waals surface area contributed by atoms with Gasteiger partial charge in [0.1, 0.15) is 5.56 Å². The zero-order chi connectivity index (χ0) is 17.0. The van der Waals surface area contributed by atoms with Crippen LogP contribution in [-0.4, -0.2) is 66.3 Å². The van der Waals surface area contributed by atoms with Gasteiger partial charge in [0.25, 0.3) is 11.6 Å². The molecule has 0 bridgehead atoms. The van der Waals surface area contributed by atoms with Gasteiger partial charge in [0.15, 0.2) is 0 Å². The van der Waals surface area contributed by atoms with Crippen LogP contribution in [0, 0.1) is 10.1 Å². The summed E-state index contributed by atoms with van der Waals surface area (Å²) in [5.74, 6) is -0.845. The van der Waals surface area contributed by atoms with Crippen molar-refractivity contribution in [2.45, 2.75) is 0 Å². The number of carbonyl (C=O) groups is 2. The van der Waals surface area contributed by atoms with Crippen LogP contribution in [-0.2, 0) is 4.79 Å². The van der Waals surface area contributed by atoms with Crippen LogP contribution in [0.1, 0.15) is 10.4 Å². The topological polar surface area (TPSA) is 95.8 Å². The molecule has 1 heterocycles. The largest absolute Gasteiger partial charge is 0.339 e. The summed E-state index contributed by atoms with van der Waals surface area (Å²) >= 11 is 5.94. The minimum atomic E-state index is -0.662. The van der Waals surface area contributed by atoms with E-state index in [0.717, 1.165) is 4.90 Å². The number of likely N-dealkylation sites (N-methyl/N-ethyl adjacent to an activating group) is 1. The zero-order valence-electron chi connectivity index (χ0n) is 13.0. The summed E-state index contributed by atoms with van der Waals surface area (Å²) in [5, 5.41) is 14.2. The number of hydrogen-bond acceptors (Lipinski definition) is 5. The number of nitro groups is 1. The van der Waals surface area contributed by atoms with E-state index in [1.54, 1.807) is 4.90 Å². The second kappa shape index (κ2) is 8.81. The first-order valence-electron chi connectivity index (χ1n) is 7.08. The van der Waals surface area contributed by atoms with E-state index in [0.29, 0.717) is 26.2 Å². The van der Waals surface area contributed by atoms with Crippen molar-refractivity contribution in [2.24, 2.45) is 0 Å². The second-order valence-corrected chi connectivity index (χ2v) is 5.59. The lowest BCUT2D eigenvalue weighted by atomic mass is 10.1. The van der Waals surface area contributed by atoms with Crippen molar-refractivity contribution in [1.29, 1.82) is 0 Å². The SMILES string of the molecule is CN(CC(=O)N1CCNCC1)C(=O)c1c(Cl)cccc1[N+](=O)[O-].Cl. The van der Waals surface area contributed by atoms with Gasteiger partial charge in [-0.3, -0.25) is 19.7 Å². The van der Waals surface area contributed by atoms with Gasteiger partial charge >= 0.3 is 0 Å². The number of piperazine rings is 1. The van der Waals surface area contributed by atoms with E-state index in [2.05, 4.69) is 5.32 Å². The number of hydrogen-bond donors (Lipinski definition) is 1. The first-order valence-corrected chi connectivity index (χ1v) is 7.46. The molecule has 0 saturated carbocycles. The molecule has 1 aromatic rings. The van der Waals surface area contributed by atoms with E-state index in [4.69, 9.17) is 11.6 Å². The van der Waals surface area contributed by atoms with Crippen LogP contribution >= 0.6 is 24.0 Å². The molecule has 8 nitrogen and oxygen atoms in total. The van der Waals surface area contributed by atoms with Crippen molar-refractivity contribution in [3.8, 4) is 0 Å². The molecule has 2 amide bonds. The predicted octanol–water partition coefficient (Wildman–Crippen LogP) is 1.17. The van der Waals surface area contributed by atoms with Crippen molar-refractivity contribution in [2.75, 3.05) is 39.8 Å². The molecule has 0 atom stereocenters. The molecule has 0 unspecified atom stereocenters. The Kier molecular flexibility index (Phi) is 7.40. The lowest BCUT2D eigenvalue weighted by molar-refractivity contribution is -0.385. The fourth-order valence-electron chi connectivity index (χ4n) is 2.36. The Hall–Kier alpha value is -1.90. The Balaban J connectivity index is 0.00000288. The lowest BCUT2D eigenvalue weighted by Gasteiger charge is -2.29. The maximum Gasteiger partial charge on any atom is 0.283 e. The molecule has 132 valence electrons. The van der Waals surface area contributed by atoms with E-state index >= 15 is 0 Å². The summed E-state index contributed by atoms with van der Waals surface area (Å²) in [7, 11) is 1.43. The van der Waals surface area contributed by atoms with Gasteiger partial charge in [-0.2, -0.15) is 0 Å². The zero-order valence-corrected chi connectivity index (χ0v) is 14.6. The second-order valence-electron chi connectivity index (χ2n) is 5.18. The molecule has 0 radical (unpaired) electrons. The van der Waals surface area contributed by atoms with E-state index in [9.17, 15) is 19.7 Å². The van der Waals surface area contributed by atoms with Crippen molar-refractivity contribution < 1.29 is 14.5 Å². The van der Waals surface area contributed by atoms with Crippen molar-refractivity contribution in [3.63, 3.8) is 0 Å². The minimum Gasteiger partial charge on any atom is -0.339 e. The van der Waals surface area contributed by atoms with Gasteiger partial charge in [-0.05, 0) is 6.07 Å². The Morgan fingerprint density at radius 1 is 1.38 bits per heavy atom. The molecule has 1 aliphatic rings. The summed E-state index contributed by atoms with van der Waals surface area (Å²) in [4.78, 5) is 37.9. The van der Waals surface area contributed by atoms with Gasteiger partial charge in [-0.1, -0.05) is 17.7 Å². The predicted molar refractivity (Wildman–Crippen MR) is 91.8 cm³/mol. The smallest absolute Gasteiger partial charge is 0.283 e. The standard InChI is InChI=1S/C14H17ClN4O4.ClH/c1-17(9-12(20)18-7-5-16-6-8-18)14(21)13-10(15)3-2-4-11(13)19(22)23;/h2-4,16H,5-9H2,1H3;1H. The molecule has 1 fully saturated rings. The Labute approximate surface area is 150 Å². The summed E-state index contributed by atoms with van der Waals surface area (Å²) in [6.07, 6.45) is 0. The van der Waals surface area contributed by atoms with Gasteiger partial charge in [-0.25, -0.2) is 0 Å². The Bertz CT molecular complexity index is 635. The maximum absolute atomic E-state index is 12.5. The highest BCUT2D eigenvalue weighted by molar-refractivity contribution is 6.34. The number of amides is 2. The lowest BCUT2D eigenvalue weighted by Crippen LogP contribution is -2.49. The Morgan fingerprint density at radius 2 is 2.00 bits per heavy atom. The van der Waals surface area contributed by atoms with Crippen LogP contribution < -0.4 is 5.32 Å². The Morgan fingerprint density at radius 3 is 2.58 bits per heavy atom. The number of halogens is 2. The van der Waals surface area contributed by atoms with Crippen LogP contribution in [0.2, 0.25) is 5.02 Å². The number of carbonyl (C=O) groups excluding carboxylic acids is 2. The highest BCUT2D eigenvalue weighted by Gasteiger charge is 2.28. The summed E-state index contributed by atoms with van der Waals surface area (Å²) in [5.41, 5.74) is -0.571.